The summed E-state index contributed by atoms with van der Waals surface area (Å²) in [5.41, 5.74) is 0.519. The highest BCUT2D eigenvalue weighted by Crippen LogP contribution is 2.07. The first-order valence-corrected chi connectivity index (χ1v) is 6.95. The lowest BCUT2D eigenvalue weighted by Gasteiger charge is -2.19. The van der Waals surface area contributed by atoms with Gasteiger partial charge in [0.15, 0.2) is 0 Å². The minimum Gasteiger partial charge on any atom is -0.444 e. The van der Waals surface area contributed by atoms with Crippen LogP contribution in [0.2, 0.25) is 0 Å². The van der Waals surface area contributed by atoms with E-state index in [0.717, 1.165) is 5.56 Å². The van der Waals surface area contributed by atoms with Crippen LogP contribution < -0.4 is 10.6 Å². The zero-order valence-electron chi connectivity index (χ0n) is 13.0. The molecule has 6 nitrogen and oxygen atoms in total. The van der Waals surface area contributed by atoms with Gasteiger partial charge in [0.1, 0.15) is 11.4 Å². The number of nitrogens with one attached hydrogen (secondary N) is 2. The molecule has 0 unspecified atom stereocenters. The molecule has 0 aliphatic carbocycles. The number of hydrogen-bond donors (Lipinski definition) is 2. The van der Waals surface area contributed by atoms with Gasteiger partial charge in [-0.2, -0.15) is 0 Å². The van der Waals surface area contributed by atoms with Crippen LogP contribution in [0.3, 0.4) is 0 Å². The van der Waals surface area contributed by atoms with E-state index >= 15 is 0 Å². The van der Waals surface area contributed by atoms with Gasteiger partial charge in [0.25, 0.3) is 0 Å². The van der Waals surface area contributed by atoms with Crippen molar-refractivity contribution < 1.29 is 14.3 Å². The number of amides is 2. The minimum absolute atomic E-state index is 0.126. The van der Waals surface area contributed by atoms with E-state index in [-0.39, 0.29) is 5.91 Å². The van der Waals surface area contributed by atoms with Crippen molar-refractivity contribution in [3.63, 3.8) is 0 Å². The number of carbonyl (C=O) groups is 2. The molecule has 2 N–H and O–H groups in total. The van der Waals surface area contributed by atoms with E-state index < -0.39 is 11.7 Å². The quantitative estimate of drug-likeness (QED) is 0.818. The Morgan fingerprint density at radius 2 is 2.05 bits per heavy atom. The lowest BCUT2D eigenvalue weighted by molar-refractivity contribution is -0.116. The van der Waals surface area contributed by atoms with Crippen molar-refractivity contribution in [2.75, 3.05) is 11.9 Å². The molecule has 21 heavy (non-hydrogen) atoms. The summed E-state index contributed by atoms with van der Waals surface area (Å²) in [6, 6.07) is 3.66. The molecule has 1 aromatic rings. The molecule has 0 radical (unpaired) electrons. The summed E-state index contributed by atoms with van der Waals surface area (Å²) in [5, 5.41) is 5.33. The van der Waals surface area contributed by atoms with E-state index in [4.69, 9.17) is 4.74 Å². The van der Waals surface area contributed by atoms with Gasteiger partial charge in [0.2, 0.25) is 5.91 Å². The molecule has 0 saturated heterocycles. The lowest BCUT2D eigenvalue weighted by atomic mass is 10.2. The number of aromatic nitrogens is 1. The second-order valence-corrected chi connectivity index (χ2v) is 5.80. The van der Waals surface area contributed by atoms with Gasteiger partial charge in [0.05, 0.1) is 0 Å². The molecule has 0 fully saturated rings. The van der Waals surface area contributed by atoms with Gasteiger partial charge < -0.3 is 15.4 Å². The molecule has 116 valence electrons. The fourth-order valence-corrected chi connectivity index (χ4v) is 1.56. The number of alkyl carbamates (subject to hydrolysis) is 1. The Labute approximate surface area is 125 Å². The first kappa shape index (κ1) is 16.9. The molecule has 1 heterocycles. The Kier molecular flexibility index (Phi) is 6.14. The smallest absolute Gasteiger partial charge is 0.407 e. The van der Waals surface area contributed by atoms with Crippen LogP contribution in [-0.2, 0) is 9.53 Å². The summed E-state index contributed by atoms with van der Waals surface area (Å²) in [4.78, 5) is 27.1. The Hall–Kier alpha value is -2.11. The molecule has 1 rings (SSSR count). The number of aryl methyl sites for hydroxylation is 1. The van der Waals surface area contributed by atoms with Crippen molar-refractivity contribution in [2.45, 2.75) is 46.1 Å². The standard InChI is InChI=1S/C15H23N3O3/c1-11-7-9-16-12(10-11)18-13(19)6-5-8-17-14(20)21-15(2,3)4/h7,9-10H,5-6,8H2,1-4H3,(H,17,20)(H,16,18,19). The maximum atomic E-state index is 11.7. The maximum absolute atomic E-state index is 11.7. The van der Waals surface area contributed by atoms with Crippen molar-refractivity contribution in [1.29, 1.82) is 0 Å². The van der Waals surface area contributed by atoms with Crippen LogP contribution >= 0.6 is 0 Å². The maximum Gasteiger partial charge on any atom is 0.407 e. The van der Waals surface area contributed by atoms with Gasteiger partial charge in [0, 0.05) is 19.2 Å². The summed E-state index contributed by atoms with van der Waals surface area (Å²) < 4.78 is 5.09. The second-order valence-electron chi connectivity index (χ2n) is 5.80. The molecule has 0 aliphatic rings. The molecule has 6 heteroatoms. The Balaban J connectivity index is 2.21. The van der Waals surface area contributed by atoms with E-state index in [0.29, 0.717) is 25.2 Å². The van der Waals surface area contributed by atoms with E-state index in [1.807, 2.05) is 13.0 Å². The van der Waals surface area contributed by atoms with E-state index in [2.05, 4.69) is 15.6 Å². The monoisotopic (exact) mass is 293 g/mol. The Bertz CT molecular complexity index is 495. The molecular weight excluding hydrogens is 270 g/mol. The summed E-state index contributed by atoms with van der Waals surface area (Å²) >= 11 is 0. The van der Waals surface area contributed by atoms with E-state index in [1.54, 1.807) is 33.0 Å². The van der Waals surface area contributed by atoms with Crippen LogP contribution in [-0.4, -0.2) is 29.1 Å². The summed E-state index contributed by atoms with van der Waals surface area (Å²) in [6.07, 6.45) is 2.03. The van der Waals surface area contributed by atoms with Crippen molar-refractivity contribution in [3.8, 4) is 0 Å². The molecule has 1 aromatic heterocycles. The minimum atomic E-state index is -0.516. The third-order valence-corrected chi connectivity index (χ3v) is 2.43. The molecule has 0 bridgehead atoms. The number of hydrogen-bond acceptors (Lipinski definition) is 4. The first-order chi connectivity index (χ1) is 9.76. The zero-order chi connectivity index (χ0) is 15.9. The summed E-state index contributed by atoms with van der Waals surface area (Å²) in [7, 11) is 0. The van der Waals surface area contributed by atoms with Crippen LogP contribution in [0.4, 0.5) is 10.6 Å². The van der Waals surface area contributed by atoms with Crippen molar-refractivity contribution in [2.24, 2.45) is 0 Å². The third kappa shape index (κ3) is 7.91. The largest absolute Gasteiger partial charge is 0.444 e. The summed E-state index contributed by atoms with van der Waals surface area (Å²) in [5.74, 6) is 0.416. The molecular formula is C15H23N3O3. The van der Waals surface area contributed by atoms with E-state index in [1.165, 1.54) is 0 Å². The van der Waals surface area contributed by atoms with Gasteiger partial charge >= 0.3 is 6.09 Å². The fourth-order valence-electron chi connectivity index (χ4n) is 1.56. The van der Waals surface area contributed by atoms with Crippen molar-refractivity contribution >= 4 is 17.8 Å². The van der Waals surface area contributed by atoms with Gasteiger partial charge in [-0.3, -0.25) is 4.79 Å². The number of pyridine rings is 1. The highest BCUT2D eigenvalue weighted by Gasteiger charge is 2.15. The molecule has 0 saturated carbocycles. The Morgan fingerprint density at radius 1 is 1.33 bits per heavy atom. The predicted octanol–water partition coefficient (Wildman–Crippen LogP) is 2.63. The molecule has 0 spiro atoms. The first-order valence-electron chi connectivity index (χ1n) is 6.95. The topological polar surface area (TPSA) is 80.3 Å². The van der Waals surface area contributed by atoms with Crippen molar-refractivity contribution in [1.82, 2.24) is 10.3 Å². The van der Waals surface area contributed by atoms with Crippen LogP contribution in [0.15, 0.2) is 18.3 Å². The van der Waals surface area contributed by atoms with Crippen LogP contribution in [0, 0.1) is 6.92 Å². The Morgan fingerprint density at radius 3 is 2.67 bits per heavy atom. The number of carbonyl (C=O) groups excluding carboxylic acids is 2. The zero-order valence-corrected chi connectivity index (χ0v) is 13.0. The molecule has 0 atom stereocenters. The van der Waals surface area contributed by atoms with Crippen LogP contribution in [0.5, 0.6) is 0 Å². The van der Waals surface area contributed by atoms with Crippen molar-refractivity contribution in [3.05, 3.63) is 23.9 Å². The number of nitrogens with zero attached hydrogens (tertiary/aromatic N) is 1. The molecule has 0 aromatic carbocycles. The fraction of sp³-hybridized carbons (Fsp3) is 0.533. The molecule has 2 amide bonds. The number of ether oxygens (including phenoxy) is 1. The van der Waals surface area contributed by atoms with Gasteiger partial charge in [-0.05, 0) is 51.8 Å². The lowest BCUT2D eigenvalue weighted by Crippen LogP contribution is -2.33. The predicted molar refractivity (Wildman–Crippen MR) is 81.1 cm³/mol. The van der Waals surface area contributed by atoms with Crippen LogP contribution in [0.1, 0.15) is 39.2 Å². The van der Waals surface area contributed by atoms with Gasteiger partial charge in [-0.1, -0.05) is 0 Å². The van der Waals surface area contributed by atoms with Gasteiger partial charge in [-0.15, -0.1) is 0 Å². The number of rotatable bonds is 5. The average molecular weight is 293 g/mol. The highest BCUT2D eigenvalue weighted by molar-refractivity contribution is 5.89. The highest BCUT2D eigenvalue weighted by atomic mass is 16.6. The second kappa shape index (κ2) is 7.61. The average Bonchev–Trinajstić information content (AvgIpc) is 2.32. The van der Waals surface area contributed by atoms with Gasteiger partial charge in [-0.25, -0.2) is 9.78 Å². The number of anilines is 1. The van der Waals surface area contributed by atoms with E-state index in [9.17, 15) is 9.59 Å². The summed E-state index contributed by atoms with van der Waals surface area (Å²) in [6.45, 7) is 7.73. The third-order valence-electron chi connectivity index (χ3n) is 2.43. The SMILES string of the molecule is Cc1ccnc(NC(=O)CCCNC(=O)OC(C)(C)C)c1. The normalized spacial score (nSPS) is 10.9. The van der Waals surface area contributed by atoms with Crippen LogP contribution in [0.25, 0.3) is 0 Å². The molecule has 0 aliphatic heterocycles.